The van der Waals surface area contributed by atoms with E-state index < -0.39 is 14.5 Å². The Morgan fingerprint density at radius 2 is 1.83 bits per heavy atom. The Balaban J connectivity index is 3.28. The van der Waals surface area contributed by atoms with Gasteiger partial charge in [0.2, 0.25) is 0 Å². The maximum Gasteiger partial charge on any atom is 0.508 e. The normalized spacial score (nSPS) is 11.0. The minimum Gasteiger partial charge on any atom is -0.438 e. The van der Waals surface area contributed by atoms with Crippen LogP contribution in [-0.4, -0.2) is 34.8 Å². The Kier molecular flexibility index (Phi) is 4.92. The average Bonchev–Trinajstić information content (AvgIpc) is 1.96. The van der Waals surface area contributed by atoms with Gasteiger partial charge in [-0.3, -0.25) is 0 Å². The van der Waals surface area contributed by atoms with Crippen LogP contribution in [0.4, 0.5) is 4.79 Å². The van der Waals surface area contributed by atoms with Crippen LogP contribution in [0.1, 0.15) is 0 Å². The lowest BCUT2D eigenvalue weighted by atomic mass is 10.8. The largest absolute Gasteiger partial charge is 0.508 e. The van der Waals surface area contributed by atoms with Crippen LogP contribution >= 0.6 is 0 Å². The van der Waals surface area contributed by atoms with Crippen LogP contribution in [0.5, 0.6) is 0 Å². The van der Waals surface area contributed by atoms with Gasteiger partial charge in [-0.1, -0.05) is 0 Å². The van der Waals surface area contributed by atoms with E-state index in [4.69, 9.17) is 4.43 Å². The first-order valence-electron chi connectivity index (χ1n) is 3.80. The summed E-state index contributed by atoms with van der Waals surface area (Å²) >= 11 is 0. The van der Waals surface area contributed by atoms with Crippen LogP contribution < -0.4 is 0 Å². The van der Waals surface area contributed by atoms with Gasteiger partial charge >= 0.3 is 6.16 Å². The fourth-order valence-electron chi connectivity index (χ4n) is 0.532. The molecular weight excluding hydrogens is 176 g/mol. The zero-order chi connectivity index (χ0) is 9.61. The Bertz CT molecular complexity index is 141. The molecule has 5 heteroatoms. The van der Waals surface area contributed by atoms with E-state index in [-0.39, 0.29) is 6.61 Å². The maximum atomic E-state index is 10.4. The molecule has 0 saturated carbocycles. The van der Waals surface area contributed by atoms with Crippen LogP contribution in [0.25, 0.3) is 0 Å². The minimum atomic E-state index is -1.47. The molecule has 0 aliphatic rings. The monoisotopic (exact) mass is 192 g/mol. The molecule has 0 heterocycles. The van der Waals surface area contributed by atoms with Gasteiger partial charge in [0.15, 0.2) is 8.32 Å². The number of hydrogen-bond donors (Lipinski definition) is 0. The van der Waals surface area contributed by atoms with Crippen molar-refractivity contribution in [2.24, 2.45) is 0 Å². The highest BCUT2D eigenvalue weighted by molar-refractivity contribution is 6.69. The molecule has 0 amide bonds. The number of carbonyl (C=O) groups excluding carboxylic acids is 1. The minimum absolute atomic E-state index is 0.261. The van der Waals surface area contributed by atoms with Crippen LogP contribution in [0.15, 0.2) is 0 Å². The summed E-state index contributed by atoms with van der Waals surface area (Å²) in [5, 5.41) is 0. The van der Waals surface area contributed by atoms with E-state index in [1.165, 1.54) is 7.11 Å². The fourth-order valence-corrected chi connectivity index (χ4v) is 1.23. The molecule has 0 saturated heterocycles. The van der Waals surface area contributed by atoms with Crippen molar-refractivity contribution in [2.75, 3.05) is 20.3 Å². The number of ether oxygens (including phenoxy) is 2. The summed E-state index contributed by atoms with van der Waals surface area (Å²) < 4.78 is 14.3. The SMILES string of the molecule is COC(=O)OCCO[Si](C)(C)C. The van der Waals surface area contributed by atoms with E-state index in [2.05, 4.69) is 29.1 Å². The summed E-state index contributed by atoms with van der Waals surface area (Å²) in [6.45, 7) is 6.93. The Labute approximate surface area is 73.9 Å². The van der Waals surface area contributed by atoms with Gasteiger partial charge in [0, 0.05) is 0 Å². The molecule has 0 atom stereocenters. The summed E-state index contributed by atoms with van der Waals surface area (Å²) in [4.78, 5) is 10.4. The number of carbonyl (C=O) groups is 1. The third kappa shape index (κ3) is 7.55. The highest BCUT2D eigenvalue weighted by Crippen LogP contribution is 2.01. The van der Waals surface area contributed by atoms with Crippen LogP contribution in [0.2, 0.25) is 19.6 Å². The van der Waals surface area contributed by atoms with Crippen LogP contribution in [0, 0.1) is 0 Å². The first kappa shape index (κ1) is 11.4. The second-order valence-electron chi connectivity index (χ2n) is 3.26. The molecule has 0 N–H and O–H groups in total. The fraction of sp³-hybridized carbons (Fsp3) is 0.857. The van der Waals surface area contributed by atoms with Crippen molar-refractivity contribution in [1.82, 2.24) is 0 Å². The van der Waals surface area contributed by atoms with Crippen LogP contribution in [-0.2, 0) is 13.9 Å². The van der Waals surface area contributed by atoms with E-state index >= 15 is 0 Å². The predicted octanol–water partition coefficient (Wildman–Crippen LogP) is 1.62. The molecule has 0 fully saturated rings. The van der Waals surface area contributed by atoms with Crippen molar-refractivity contribution < 1.29 is 18.7 Å². The van der Waals surface area contributed by atoms with Crippen LogP contribution in [0.3, 0.4) is 0 Å². The molecule has 0 rings (SSSR count). The van der Waals surface area contributed by atoms with Crippen molar-refractivity contribution >= 4 is 14.5 Å². The van der Waals surface area contributed by atoms with Gasteiger partial charge in [0.25, 0.3) is 0 Å². The zero-order valence-corrected chi connectivity index (χ0v) is 9.05. The maximum absolute atomic E-state index is 10.4. The molecule has 4 nitrogen and oxygen atoms in total. The third-order valence-electron chi connectivity index (χ3n) is 1.00. The van der Waals surface area contributed by atoms with Crippen molar-refractivity contribution in [1.29, 1.82) is 0 Å². The highest BCUT2D eigenvalue weighted by atomic mass is 28.4. The zero-order valence-electron chi connectivity index (χ0n) is 8.05. The lowest BCUT2D eigenvalue weighted by Crippen LogP contribution is -2.27. The van der Waals surface area contributed by atoms with Gasteiger partial charge in [0.1, 0.15) is 6.61 Å². The summed E-state index contributed by atoms with van der Waals surface area (Å²) in [5.41, 5.74) is 0. The van der Waals surface area contributed by atoms with E-state index in [1.54, 1.807) is 0 Å². The summed E-state index contributed by atoms with van der Waals surface area (Å²) in [6.07, 6.45) is -0.658. The molecular formula is C7H16O4Si. The molecule has 0 aliphatic heterocycles. The van der Waals surface area contributed by atoms with E-state index in [1.807, 2.05) is 0 Å². The van der Waals surface area contributed by atoms with E-state index in [9.17, 15) is 4.79 Å². The van der Waals surface area contributed by atoms with Crippen molar-refractivity contribution in [3.8, 4) is 0 Å². The Hall–Kier alpha value is -0.553. The van der Waals surface area contributed by atoms with E-state index in [0.29, 0.717) is 6.61 Å². The third-order valence-corrected chi connectivity index (χ3v) is 2.08. The number of hydrogen-bond acceptors (Lipinski definition) is 4. The van der Waals surface area contributed by atoms with Crippen molar-refractivity contribution in [3.63, 3.8) is 0 Å². The topological polar surface area (TPSA) is 44.8 Å². The standard InChI is InChI=1S/C7H16O4Si/c1-9-7(8)10-5-6-11-12(2,3)4/h5-6H2,1-4H3. The molecule has 0 bridgehead atoms. The van der Waals surface area contributed by atoms with Gasteiger partial charge in [0.05, 0.1) is 13.7 Å². The van der Waals surface area contributed by atoms with Gasteiger partial charge in [-0.2, -0.15) is 0 Å². The lowest BCUT2D eigenvalue weighted by molar-refractivity contribution is 0.0607. The lowest BCUT2D eigenvalue weighted by Gasteiger charge is -2.16. The van der Waals surface area contributed by atoms with E-state index in [0.717, 1.165) is 0 Å². The molecule has 0 radical (unpaired) electrons. The summed E-state index contributed by atoms with van der Waals surface area (Å²) in [5.74, 6) is 0. The molecule has 0 aliphatic carbocycles. The van der Waals surface area contributed by atoms with Gasteiger partial charge in [-0.25, -0.2) is 4.79 Å². The van der Waals surface area contributed by atoms with Gasteiger partial charge in [-0.15, -0.1) is 0 Å². The first-order valence-corrected chi connectivity index (χ1v) is 7.21. The molecule has 0 aromatic carbocycles. The average molecular weight is 192 g/mol. The Morgan fingerprint density at radius 3 is 2.25 bits per heavy atom. The molecule has 0 spiro atoms. The Morgan fingerprint density at radius 1 is 1.25 bits per heavy atom. The number of rotatable bonds is 4. The second kappa shape index (κ2) is 5.16. The van der Waals surface area contributed by atoms with Crippen molar-refractivity contribution in [2.45, 2.75) is 19.6 Å². The predicted molar refractivity (Wildman–Crippen MR) is 47.7 cm³/mol. The smallest absolute Gasteiger partial charge is 0.438 e. The van der Waals surface area contributed by atoms with Gasteiger partial charge < -0.3 is 13.9 Å². The first-order chi connectivity index (χ1) is 5.45. The van der Waals surface area contributed by atoms with Gasteiger partial charge in [-0.05, 0) is 19.6 Å². The molecule has 12 heavy (non-hydrogen) atoms. The molecule has 0 unspecified atom stereocenters. The molecule has 72 valence electrons. The summed E-state index contributed by atoms with van der Waals surface area (Å²) in [7, 11) is -0.192. The second-order valence-corrected chi connectivity index (χ2v) is 7.78. The van der Waals surface area contributed by atoms with Crippen molar-refractivity contribution in [3.05, 3.63) is 0 Å². The quantitative estimate of drug-likeness (QED) is 0.386. The summed E-state index contributed by atoms with van der Waals surface area (Å²) in [6, 6.07) is 0. The number of methoxy groups -OCH3 is 1. The molecule has 0 aromatic heterocycles. The molecule has 0 aromatic rings. The highest BCUT2D eigenvalue weighted by Gasteiger charge is 2.13.